The number of hydrogen-bond donors (Lipinski definition) is 2. The molecule has 168 valence electrons. The van der Waals surface area contributed by atoms with Crippen molar-refractivity contribution in [3.8, 4) is 0 Å². The highest BCUT2D eigenvalue weighted by Gasteiger charge is 2.13. The van der Waals surface area contributed by atoms with Crippen LogP contribution in [0.2, 0.25) is 0 Å². The Bertz CT molecular complexity index is 774. The minimum Gasteiger partial charge on any atom is -0.381 e. The first-order chi connectivity index (χ1) is 14.3. The predicted octanol–water partition coefficient (Wildman–Crippen LogP) is 3.19. The van der Waals surface area contributed by atoms with E-state index in [1.54, 1.807) is 0 Å². The first-order valence-corrected chi connectivity index (χ1v) is 10.9. The third-order valence-corrected chi connectivity index (χ3v) is 5.16. The number of aromatic nitrogens is 2. The number of guanidine groups is 1. The first-order valence-electron chi connectivity index (χ1n) is 10.9. The summed E-state index contributed by atoms with van der Waals surface area (Å²) in [5.41, 5.74) is 3.31. The number of ether oxygens (including phenoxy) is 2. The monoisotopic (exact) mass is 529 g/mol. The standard InChI is InChI=1S/C22H35N5O2.HI/c1-3-23-22(24-10-5-13-29-17-19-8-14-28-15-9-19)25-11-7-20-16-27-12-4-6-18(2)21(27)26-20;/h4,6,12,16,19H,3,5,7-11,13-15,17H2,1-2H3,(H2,23,24,25);1H. The lowest BCUT2D eigenvalue weighted by Crippen LogP contribution is -2.38. The fourth-order valence-corrected chi connectivity index (χ4v) is 3.50. The van der Waals surface area contributed by atoms with E-state index < -0.39 is 0 Å². The Morgan fingerprint density at radius 3 is 2.93 bits per heavy atom. The lowest BCUT2D eigenvalue weighted by Gasteiger charge is -2.21. The van der Waals surface area contributed by atoms with Crippen LogP contribution in [0.3, 0.4) is 0 Å². The van der Waals surface area contributed by atoms with E-state index in [1.807, 2.05) is 6.20 Å². The van der Waals surface area contributed by atoms with Gasteiger partial charge in [0.15, 0.2) is 5.96 Å². The molecule has 8 heteroatoms. The second-order valence-corrected chi connectivity index (χ2v) is 7.58. The Kier molecular flexibility index (Phi) is 11.5. The van der Waals surface area contributed by atoms with Crippen molar-refractivity contribution in [1.82, 2.24) is 20.0 Å². The summed E-state index contributed by atoms with van der Waals surface area (Å²) in [6.07, 6.45) is 8.19. The average molecular weight is 529 g/mol. The molecule has 3 rings (SSSR count). The number of nitrogens with zero attached hydrogens (tertiary/aromatic N) is 3. The molecule has 3 heterocycles. The topological polar surface area (TPSA) is 72.2 Å². The third-order valence-electron chi connectivity index (χ3n) is 5.16. The zero-order valence-corrected chi connectivity index (χ0v) is 20.6. The second kappa shape index (κ2) is 13.8. The molecule has 0 atom stereocenters. The molecule has 0 saturated carbocycles. The van der Waals surface area contributed by atoms with Crippen LogP contribution in [-0.2, 0) is 15.9 Å². The summed E-state index contributed by atoms with van der Waals surface area (Å²) in [4.78, 5) is 9.38. The molecule has 7 nitrogen and oxygen atoms in total. The smallest absolute Gasteiger partial charge is 0.191 e. The van der Waals surface area contributed by atoms with Crippen molar-refractivity contribution in [3.63, 3.8) is 0 Å². The van der Waals surface area contributed by atoms with Crippen molar-refractivity contribution in [2.24, 2.45) is 10.9 Å². The molecule has 0 amide bonds. The summed E-state index contributed by atoms with van der Waals surface area (Å²) in [5, 5.41) is 6.71. The van der Waals surface area contributed by atoms with Gasteiger partial charge < -0.3 is 24.5 Å². The molecule has 0 aliphatic carbocycles. The molecule has 1 aliphatic rings. The molecule has 1 aliphatic heterocycles. The summed E-state index contributed by atoms with van der Waals surface area (Å²) in [5.74, 6) is 1.52. The highest BCUT2D eigenvalue weighted by Crippen LogP contribution is 2.14. The van der Waals surface area contributed by atoms with Crippen molar-refractivity contribution in [2.45, 2.75) is 39.5 Å². The van der Waals surface area contributed by atoms with Gasteiger partial charge in [-0.05, 0) is 50.7 Å². The quantitative estimate of drug-likeness (QED) is 0.214. The summed E-state index contributed by atoms with van der Waals surface area (Å²) >= 11 is 0. The second-order valence-electron chi connectivity index (χ2n) is 7.58. The van der Waals surface area contributed by atoms with Crippen molar-refractivity contribution >= 4 is 35.6 Å². The van der Waals surface area contributed by atoms with Crippen LogP contribution >= 0.6 is 24.0 Å². The average Bonchev–Trinajstić information content (AvgIpc) is 3.16. The molecule has 1 fully saturated rings. The van der Waals surface area contributed by atoms with Gasteiger partial charge in [-0.1, -0.05) is 6.07 Å². The van der Waals surface area contributed by atoms with Gasteiger partial charge in [-0.25, -0.2) is 4.98 Å². The van der Waals surface area contributed by atoms with Gasteiger partial charge >= 0.3 is 0 Å². The zero-order chi connectivity index (χ0) is 20.3. The van der Waals surface area contributed by atoms with Gasteiger partial charge in [-0.15, -0.1) is 24.0 Å². The largest absolute Gasteiger partial charge is 0.381 e. The van der Waals surface area contributed by atoms with Gasteiger partial charge in [0, 0.05) is 64.9 Å². The normalized spacial score (nSPS) is 15.2. The maximum atomic E-state index is 5.82. The van der Waals surface area contributed by atoms with E-state index in [1.165, 1.54) is 5.56 Å². The maximum absolute atomic E-state index is 5.82. The van der Waals surface area contributed by atoms with Crippen LogP contribution in [0.15, 0.2) is 29.5 Å². The van der Waals surface area contributed by atoms with E-state index in [-0.39, 0.29) is 24.0 Å². The number of pyridine rings is 1. The van der Waals surface area contributed by atoms with E-state index in [0.29, 0.717) is 5.92 Å². The van der Waals surface area contributed by atoms with Gasteiger partial charge in [0.05, 0.1) is 5.69 Å². The lowest BCUT2D eigenvalue weighted by molar-refractivity contribution is 0.0205. The lowest BCUT2D eigenvalue weighted by atomic mass is 10.0. The van der Waals surface area contributed by atoms with Gasteiger partial charge in [-0.2, -0.15) is 0 Å². The number of aliphatic imine (C=N–C) groups is 1. The van der Waals surface area contributed by atoms with Gasteiger partial charge in [0.2, 0.25) is 0 Å². The zero-order valence-electron chi connectivity index (χ0n) is 18.2. The highest BCUT2D eigenvalue weighted by molar-refractivity contribution is 14.0. The molecule has 0 unspecified atom stereocenters. The number of aryl methyl sites for hydroxylation is 1. The van der Waals surface area contributed by atoms with Gasteiger partial charge in [0.1, 0.15) is 5.65 Å². The van der Waals surface area contributed by atoms with E-state index >= 15 is 0 Å². The fraction of sp³-hybridized carbons (Fsp3) is 0.636. The SMILES string of the molecule is CCNC(=NCCCOCC1CCOCC1)NCCc1cn2cccc(C)c2n1.I. The van der Waals surface area contributed by atoms with Gasteiger partial charge in [-0.3, -0.25) is 4.99 Å². The van der Waals surface area contributed by atoms with Crippen molar-refractivity contribution in [1.29, 1.82) is 0 Å². The Hall–Kier alpha value is -1.39. The number of fused-ring (bicyclic) bond motifs is 1. The van der Waals surface area contributed by atoms with Crippen molar-refractivity contribution in [2.75, 3.05) is 46.1 Å². The molecule has 1 saturated heterocycles. The minimum absolute atomic E-state index is 0. The van der Waals surface area contributed by atoms with Crippen LogP contribution in [0.4, 0.5) is 0 Å². The molecule has 30 heavy (non-hydrogen) atoms. The first kappa shape index (κ1) is 24.9. The molecular formula is C22H36IN5O2. The highest BCUT2D eigenvalue weighted by atomic mass is 127. The Balaban J connectivity index is 0.00000320. The van der Waals surface area contributed by atoms with E-state index in [2.05, 4.69) is 52.2 Å². The number of hydrogen-bond acceptors (Lipinski definition) is 4. The molecule has 0 radical (unpaired) electrons. The Labute approximate surface area is 197 Å². The van der Waals surface area contributed by atoms with Crippen molar-refractivity contribution < 1.29 is 9.47 Å². The van der Waals surface area contributed by atoms with E-state index in [4.69, 9.17) is 14.5 Å². The molecule has 0 bridgehead atoms. The summed E-state index contributed by atoms with van der Waals surface area (Å²) in [6.45, 7) is 9.96. The van der Waals surface area contributed by atoms with Crippen LogP contribution in [-0.4, -0.2) is 61.4 Å². The molecule has 0 spiro atoms. The number of imidazole rings is 1. The minimum atomic E-state index is 0. The molecule has 0 aromatic carbocycles. The fourth-order valence-electron chi connectivity index (χ4n) is 3.50. The molecule has 2 N–H and O–H groups in total. The van der Waals surface area contributed by atoms with E-state index in [0.717, 1.165) is 89.0 Å². The summed E-state index contributed by atoms with van der Waals surface area (Å²) in [7, 11) is 0. The Morgan fingerprint density at radius 1 is 1.33 bits per heavy atom. The van der Waals surface area contributed by atoms with Crippen LogP contribution in [0.5, 0.6) is 0 Å². The third kappa shape index (κ3) is 8.03. The number of rotatable bonds is 10. The summed E-state index contributed by atoms with van der Waals surface area (Å²) < 4.78 is 13.3. The van der Waals surface area contributed by atoms with Crippen LogP contribution in [0, 0.1) is 12.8 Å². The van der Waals surface area contributed by atoms with Crippen LogP contribution < -0.4 is 10.6 Å². The molecule has 2 aromatic rings. The number of halogens is 1. The molecular weight excluding hydrogens is 493 g/mol. The Morgan fingerprint density at radius 2 is 2.17 bits per heavy atom. The van der Waals surface area contributed by atoms with Gasteiger partial charge in [0.25, 0.3) is 0 Å². The van der Waals surface area contributed by atoms with Crippen LogP contribution in [0.25, 0.3) is 5.65 Å². The van der Waals surface area contributed by atoms with E-state index in [9.17, 15) is 0 Å². The summed E-state index contributed by atoms with van der Waals surface area (Å²) in [6, 6.07) is 4.14. The van der Waals surface area contributed by atoms with Crippen LogP contribution in [0.1, 0.15) is 37.4 Å². The molecule has 2 aromatic heterocycles. The number of nitrogens with one attached hydrogen (secondary N) is 2. The van der Waals surface area contributed by atoms with Crippen molar-refractivity contribution in [3.05, 3.63) is 35.8 Å². The maximum Gasteiger partial charge on any atom is 0.191 e. The predicted molar refractivity (Wildman–Crippen MR) is 132 cm³/mol.